The molecular formula is C17H18N2O5S2. The molecule has 1 aromatic carbocycles. The summed E-state index contributed by atoms with van der Waals surface area (Å²) in [4.78, 5) is 39.5. The Balaban J connectivity index is 1.68. The van der Waals surface area contributed by atoms with E-state index in [4.69, 9.17) is 0 Å². The van der Waals surface area contributed by atoms with Gasteiger partial charge in [0, 0.05) is 13.1 Å². The number of likely N-dealkylation sites (N-methyl/N-ethyl adjacent to an activating group) is 1. The first-order valence-corrected chi connectivity index (χ1v) is 10.7. The van der Waals surface area contributed by atoms with Crippen molar-refractivity contribution in [2.45, 2.75) is 12.5 Å². The molecule has 7 nitrogen and oxygen atoms in total. The van der Waals surface area contributed by atoms with Crippen LogP contribution < -0.4 is 0 Å². The standard InChI is InChI=1S/C17H18N2O5S2/c1-18(13-7-8-26(23,24)11-13)15(20)10-19-16(21)14(25-17(19)22)9-12-5-3-2-4-6-12/h2-6,9,13H,7-8,10-11H2,1H3/b14-9-/t13-/m0/s1. The fourth-order valence-corrected chi connectivity index (χ4v) is 5.48. The van der Waals surface area contributed by atoms with Crippen LogP contribution in [0, 0.1) is 0 Å². The van der Waals surface area contributed by atoms with Crippen LogP contribution in [0.25, 0.3) is 6.08 Å². The predicted molar refractivity (Wildman–Crippen MR) is 98.9 cm³/mol. The minimum atomic E-state index is -3.12. The Hall–Kier alpha value is -2.13. The maximum absolute atomic E-state index is 12.5. The third-order valence-corrected chi connectivity index (χ3v) is 7.07. The Morgan fingerprint density at radius 1 is 1.31 bits per heavy atom. The quantitative estimate of drug-likeness (QED) is 0.716. The molecule has 0 aromatic heterocycles. The lowest BCUT2D eigenvalue weighted by Crippen LogP contribution is -2.45. The van der Waals surface area contributed by atoms with Crippen LogP contribution in [0.1, 0.15) is 12.0 Å². The summed E-state index contributed by atoms with van der Waals surface area (Å²) in [7, 11) is -1.61. The van der Waals surface area contributed by atoms with Crippen molar-refractivity contribution in [3.05, 3.63) is 40.8 Å². The SMILES string of the molecule is CN(C(=O)CN1C(=O)S/C(=C\c2ccccc2)C1=O)[C@H]1CCS(=O)(=O)C1. The summed E-state index contributed by atoms with van der Waals surface area (Å²) in [5, 5.41) is -0.502. The second kappa shape index (κ2) is 7.24. The lowest BCUT2D eigenvalue weighted by Gasteiger charge is -2.25. The van der Waals surface area contributed by atoms with Gasteiger partial charge in [-0.1, -0.05) is 30.3 Å². The van der Waals surface area contributed by atoms with Gasteiger partial charge in [-0.25, -0.2) is 8.42 Å². The van der Waals surface area contributed by atoms with Crippen LogP contribution in [-0.2, 0) is 19.4 Å². The van der Waals surface area contributed by atoms with Gasteiger partial charge in [-0.05, 0) is 29.8 Å². The minimum Gasteiger partial charge on any atom is -0.340 e. The van der Waals surface area contributed by atoms with E-state index in [0.717, 1.165) is 22.2 Å². The lowest BCUT2D eigenvalue weighted by molar-refractivity contribution is -0.136. The van der Waals surface area contributed by atoms with E-state index in [0.29, 0.717) is 6.42 Å². The summed E-state index contributed by atoms with van der Waals surface area (Å²) < 4.78 is 23.1. The molecule has 0 bridgehead atoms. The molecule has 138 valence electrons. The smallest absolute Gasteiger partial charge is 0.294 e. The minimum absolute atomic E-state index is 0.0523. The van der Waals surface area contributed by atoms with Gasteiger partial charge in [0.15, 0.2) is 9.84 Å². The van der Waals surface area contributed by atoms with Gasteiger partial charge in [-0.2, -0.15) is 0 Å². The number of carbonyl (C=O) groups excluding carboxylic acids is 3. The number of sulfone groups is 1. The molecule has 1 aromatic rings. The molecule has 2 aliphatic rings. The lowest BCUT2D eigenvalue weighted by atomic mass is 10.2. The first-order chi connectivity index (χ1) is 12.3. The third-order valence-electron chi connectivity index (χ3n) is 4.41. The van der Waals surface area contributed by atoms with Gasteiger partial charge >= 0.3 is 0 Å². The highest BCUT2D eigenvalue weighted by Crippen LogP contribution is 2.32. The first kappa shape index (κ1) is 18.7. The number of imide groups is 1. The van der Waals surface area contributed by atoms with E-state index in [2.05, 4.69) is 0 Å². The zero-order valence-corrected chi connectivity index (χ0v) is 15.8. The first-order valence-electron chi connectivity index (χ1n) is 8.03. The average molecular weight is 394 g/mol. The van der Waals surface area contributed by atoms with E-state index in [1.54, 1.807) is 6.08 Å². The average Bonchev–Trinajstić information content (AvgIpc) is 3.09. The van der Waals surface area contributed by atoms with Crippen LogP contribution in [0.2, 0.25) is 0 Å². The third kappa shape index (κ3) is 3.99. The Labute approximate surface area is 155 Å². The topological polar surface area (TPSA) is 91.8 Å². The second-order valence-corrected chi connectivity index (χ2v) is 9.46. The Morgan fingerprint density at radius 3 is 2.62 bits per heavy atom. The summed E-state index contributed by atoms with van der Waals surface area (Å²) in [5.74, 6) is -0.984. The normalized spacial score (nSPS) is 23.7. The van der Waals surface area contributed by atoms with Crippen molar-refractivity contribution in [2.75, 3.05) is 25.1 Å². The van der Waals surface area contributed by atoms with Crippen molar-refractivity contribution in [2.24, 2.45) is 0 Å². The van der Waals surface area contributed by atoms with Crippen molar-refractivity contribution in [3.63, 3.8) is 0 Å². The molecule has 3 rings (SSSR count). The number of thioether (sulfide) groups is 1. The molecule has 3 amide bonds. The molecule has 0 unspecified atom stereocenters. The van der Waals surface area contributed by atoms with E-state index in [1.807, 2.05) is 30.3 Å². The van der Waals surface area contributed by atoms with Crippen molar-refractivity contribution in [3.8, 4) is 0 Å². The van der Waals surface area contributed by atoms with E-state index >= 15 is 0 Å². The predicted octanol–water partition coefficient (Wildman–Crippen LogP) is 1.37. The molecular weight excluding hydrogens is 376 g/mol. The van der Waals surface area contributed by atoms with Crippen LogP contribution in [-0.4, -0.2) is 66.4 Å². The second-order valence-electron chi connectivity index (χ2n) is 6.24. The van der Waals surface area contributed by atoms with Crippen LogP contribution in [0.5, 0.6) is 0 Å². The number of hydrogen-bond acceptors (Lipinski definition) is 6. The summed E-state index contributed by atoms with van der Waals surface area (Å²) in [6, 6.07) is 8.71. The van der Waals surface area contributed by atoms with Crippen molar-refractivity contribution >= 4 is 44.7 Å². The Morgan fingerprint density at radius 2 is 2.00 bits per heavy atom. The molecule has 2 aliphatic heterocycles. The van der Waals surface area contributed by atoms with Crippen LogP contribution in [0.15, 0.2) is 35.2 Å². The zero-order valence-electron chi connectivity index (χ0n) is 14.1. The molecule has 2 fully saturated rings. The van der Waals surface area contributed by atoms with Gasteiger partial charge in [0.25, 0.3) is 11.1 Å². The Kier molecular flexibility index (Phi) is 5.19. The summed E-state index contributed by atoms with van der Waals surface area (Å²) in [6.45, 7) is -0.385. The zero-order chi connectivity index (χ0) is 18.9. The molecule has 0 saturated carbocycles. The van der Waals surface area contributed by atoms with Gasteiger partial charge in [-0.3, -0.25) is 19.3 Å². The summed E-state index contributed by atoms with van der Waals surface area (Å²) in [6.07, 6.45) is 1.99. The molecule has 1 atom stereocenters. The van der Waals surface area contributed by atoms with Crippen molar-refractivity contribution < 1.29 is 22.8 Å². The highest BCUT2D eigenvalue weighted by atomic mass is 32.2. The van der Waals surface area contributed by atoms with Crippen molar-refractivity contribution in [1.29, 1.82) is 0 Å². The molecule has 26 heavy (non-hydrogen) atoms. The number of benzene rings is 1. The largest absolute Gasteiger partial charge is 0.340 e. The number of rotatable bonds is 4. The van der Waals surface area contributed by atoms with E-state index in [1.165, 1.54) is 11.9 Å². The molecule has 0 aliphatic carbocycles. The maximum atomic E-state index is 12.5. The number of carbonyl (C=O) groups is 3. The van der Waals surface area contributed by atoms with Crippen molar-refractivity contribution in [1.82, 2.24) is 9.80 Å². The van der Waals surface area contributed by atoms with E-state index in [-0.39, 0.29) is 23.0 Å². The van der Waals surface area contributed by atoms with E-state index in [9.17, 15) is 22.8 Å². The molecule has 0 N–H and O–H groups in total. The highest BCUT2D eigenvalue weighted by molar-refractivity contribution is 8.18. The van der Waals surface area contributed by atoms with Gasteiger partial charge in [0.2, 0.25) is 5.91 Å². The van der Waals surface area contributed by atoms with Gasteiger partial charge in [0.05, 0.1) is 16.4 Å². The van der Waals surface area contributed by atoms with Gasteiger partial charge in [-0.15, -0.1) is 0 Å². The molecule has 0 spiro atoms. The van der Waals surface area contributed by atoms with Gasteiger partial charge in [0.1, 0.15) is 6.54 Å². The highest BCUT2D eigenvalue weighted by Gasteiger charge is 2.39. The number of amides is 3. The molecule has 9 heteroatoms. The maximum Gasteiger partial charge on any atom is 0.294 e. The molecule has 2 saturated heterocycles. The fraction of sp³-hybridized carbons (Fsp3) is 0.353. The van der Waals surface area contributed by atoms with Gasteiger partial charge < -0.3 is 4.90 Å². The fourth-order valence-electron chi connectivity index (χ4n) is 2.87. The summed E-state index contributed by atoms with van der Waals surface area (Å²) >= 11 is 0.794. The number of nitrogens with zero attached hydrogens (tertiary/aromatic N) is 2. The van der Waals surface area contributed by atoms with Crippen LogP contribution in [0.3, 0.4) is 0 Å². The Bertz CT molecular complexity index is 880. The molecule has 0 radical (unpaired) electrons. The van der Waals surface area contributed by atoms with E-state index < -0.39 is 32.9 Å². The monoisotopic (exact) mass is 394 g/mol. The summed E-state index contributed by atoms with van der Waals surface area (Å²) in [5.41, 5.74) is 0.789. The van der Waals surface area contributed by atoms with Crippen LogP contribution in [0.4, 0.5) is 4.79 Å². The number of hydrogen-bond donors (Lipinski definition) is 0. The van der Waals surface area contributed by atoms with Crippen LogP contribution >= 0.6 is 11.8 Å². The molecule has 2 heterocycles.